The van der Waals surface area contributed by atoms with E-state index < -0.39 is 10.0 Å². The van der Waals surface area contributed by atoms with Crippen LogP contribution in [-0.2, 0) is 16.6 Å². The maximum absolute atomic E-state index is 12.3. The molecule has 120 valence electrons. The molecule has 0 aliphatic carbocycles. The Bertz CT molecular complexity index is 535. The number of sulfonamides is 1. The minimum Gasteiger partial charge on any atom is -0.316 e. The SMILES string of the molecule is CCN1CCC(CNS(=O)(=O)c2[nH]ncc2CNC)CC1. The van der Waals surface area contributed by atoms with Gasteiger partial charge in [0.05, 0.1) is 6.20 Å². The number of rotatable bonds is 7. The lowest BCUT2D eigenvalue weighted by molar-refractivity contribution is 0.193. The van der Waals surface area contributed by atoms with Crippen LogP contribution in [0.2, 0.25) is 0 Å². The summed E-state index contributed by atoms with van der Waals surface area (Å²) in [5, 5.41) is 9.53. The minimum atomic E-state index is -3.51. The topological polar surface area (TPSA) is 90.1 Å². The number of H-pyrrole nitrogens is 1. The average Bonchev–Trinajstić information content (AvgIpc) is 2.95. The molecular formula is C13H25N5O2S. The molecule has 1 aromatic heterocycles. The van der Waals surface area contributed by atoms with Crippen LogP contribution in [0.1, 0.15) is 25.3 Å². The zero-order valence-electron chi connectivity index (χ0n) is 12.7. The summed E-state index contributed by atoms with van der Waals surface area (Å²) in [6, 6.07) is 0. The summed E-state index contributed by atoms with van der Waals surface area (Å²) in [6.45, 7) is 6.31. The van der Waals surface area contributed by atoms with E-state index in [1.54, 1.807) is 13.2 Å². The Morgan fingerprint density at radius 2 is 2.14 bits per heavy atom. The molecule has 1 saturated heterocycles. The molecule has 0 bridgehead atoms. The normalized spacial score (nSPS) is 18.2. The molecule has 1 aromatic rings. The minimum absolute atomic E-state index is 0.169. The Kier molecular flexibility index (Phi) is 5.74. The molecule has 2 heterocycles. The second-order valence-electron chi connectivity index (χ2n) is 5.48. The molecule has 3 N–H and O–H groups in total. The third-order valence-electron chi connectivity index (χ3n) is 4.03. The fourth-order valence-electron chi connectivity index (χ4n) is 2.65. The Morgan fingerprint density at radius 3 is 2.76 bits per heavy atom. The van der Waals surface area contributed by atoms with E-state index >= 15 is 0 Å². The van der Waals surface area contributed by atoms with Gasteiger partial charge in [0.1, 0.15) is 0 Å². The maximum Gasteiger partial charge on any atom is 0.257 e. The lowest BCUT2D eigenvalue weighted by Crippen LogP contribution is -2.38. The molecule has 21 heavy (non-hydrogen) atoms. The summed E-state index contributed by atoms with van der Waals surface area (Å²) in [4.78, 5) is 2.39. The molecule has 1 fully saturated rings. The summed E-state index contributed by atoms with van der Waals surface area (Å²) < 4.78 is 27.4. The molecule has 0 aromatic carbocycles. The van der Waals surface area contributed by atoms with E-state index in [1.807, 2.05) is 0 Å². The first kappa shape index (κ1) is 16.4. The van der Waals surface area contributed by atoms with Crippen molar-refractivity contribution in [2.45, 2.75) is 31.3 Å². The van der Waals surface area contributed by atoms with Gasteiger partial charge in [-0.2, -0.15) is 5.10 Å². The van der Waals surface area contributed by atoms with Gasteiger partial charge in [0.2, 0.25) is 0 Å². The fraction of sp³-hybridized carbons (Fsp3) is 0.769. The summed E-state index contributed by atoms with van der Waals surface area (Å²) in [7, 11) is -1.73. The second-order valence-corrected chi connectivity index (χ2v) is 7.19. The van der Waals surface area contributed by atoms with Crippen molar-refractivity contribution in [1.29, 1.82) is 0 Å². The molecule has 0 saturated carbocycles. The van der Waals surface area contributed by atoms with Gasteiger partial charge in [-0.15, -0.1) is 0 Å². The standard InChI is InChI=1S/C13H25N5O2S/c1-3-18-6-4-11(5-7-18)8-16-21(19,20)13-12(9-14-2)10-15-17-13/h10-11,14,16H,3-9H2,1-2H3,(H,15,17). The molecule has 2 rings (SSSR count). The van der Waals surface area contributed by atoms with Crippen LogP contribution in [0.25, 0.3) is 0 Å². The number of likely N-dealkylation sites (tertiary alicyclic amines) is 1. The van der Waals surface area contributed by atoms with E-state index in [2.05, 4.69) is 32.1 Å². The molecule has 0 radical (unpaired) electrons. The summed E-state index contributed by atoms with van der Waals surface area (Å²) in [5.41, 5.74) is 0.658. The van der Waals surface area contributed by atoms with Gasteiger partial charge >= 0.3 is 0 Å². The van der Waals surface area contributed by atoms with Gasteiger partial charge < -0.3 is 10.2 Å². The Morgan fingerprint density at radius 1 is 1.43 bits per heavy atom. The monoisotopic (exact) mass is 315 g/mol. The van der Waals surface area contributed by atoms with Crippen LogP contribution in [0.5, 0.6) is 0 Å². The van der Waals surface area contributed by atoms with Crippen molar-refractivity contribution in [1.82, 2.24) is 25.1 Å². The van der Waals surface area contributed by atoms with Crippen LogP contribution in [0.4, 0.5) is 0 Å². The first-order valence-corrected chi connectivity index (χ1v) is 8.94. The predicted octanol–water partition coefficient (Wildman–Crippen LogP) is 0.139. The highest BCUT2D eigenvalue weighted by atomic mass is 32.2. The molecule has 1 aliphatic rings. The molecular weight excluding hydrogens is 290 g/mol. The summed E-state index contributed by atoms with van der Waals surface area (Å²) >= 11 is 0. The highest BCUT2D eigenvalue weighted by Crippen LogP contribution is 2.17. The molecule has 0 atom stereocenters. The first-order chi connectivity index (χ1) is 10.1. The number of nitrogens with zero attached hydrogens (tertiary/aromatic N) is 2. The van der Waals surface area contributed by atoms with E-state index in [1.165, 1.54) is 0 Å². The number of nitrogens with one attached hydrogen (secondary N) is 3. The highest BCUT2D eigenvalue weighted by Gasteiger charge is 2.23. The molecule has 0 spiro atoms. The van der Waals surface area contributed by atoms with E-state index in [-0.39, 0.29) is 5.03 Å². The number of hydrogen-bond donors (Lipinski definition) is 3. The van der Waals surface area contributed by atoms with Gasteiger partial charge in [0.15, 0.2) is 5.03 Å². The van der Waals surface area contributed by atoms with Crippen molar-refractivity contribution in [3.8, 4) is 0 Å². The van der Waals surface area contributed by atoms with Crippen molar-refractivity contribution < 1.29 is 8.42 Å². The van der Waals surface area contributed by atoms with Crippen LogP contribution >= 0.6 is 0 Å². The van der Waals surface area contributed by atoms with Crippen molar-refractivity contribution in [2.75, 3.05) is 33.2 Å². The largest absolute Gasteiger partial charge is 0.316 e. The quantitative estimate of drug-likeness (QED) is 0.666. The first-order valence-electron chi connectivity index (χ1n) is 7.45. The van der Waals surface area contributed by atoms with E-state index in [0.717, 1.165) is 32.5 Å². The summed E-state index contributed by atoms with van der Waals surface area (Å²) in [5.74, 6) is 0.415. The second kappa shape index (κ2) is 7.35. The molecule has 1 aliphatic heterocycles. The molecule has 0 amide bonds. The molecule has 7 nitrogen and oxygen atoms in total. The van der Waals surface area contributed by atoms with Crippen molar-refractivity contribution in [2.24, 2.45) is 5.92 Å². The van der Waals surface area contributed by atoms with Crippen molar-refractivity contribution in [3.05, 3.63) is 11.8 Å². The van der Waals surface area contributed by atoms with E-state index in [9.17, 15) is 8.42 Å². The lowest BCUT2D eigenvalue weighted by Gasteiger charge is -2.30. The fourth-order valence-corrected chi connectivity index (χ4v) is 3.90. The number of aromatic amines is 1. The van der Waals surface area contributed by atoms with Gasteiger partial charge in [-0.1, -0.05) is 6.92 Å². The predicted molar refractivity (Wildman–Crippen MR) is 81.4 cm³/mol. The van der Waals surface area contributed by atoms with Gasteiger partial charge in [0, 0.05) is 18.7 Å². The molecule has 8 heteroatoms. The average molecular weight is 315 g/mol. The van der Waals surface area contributed by atoms with Crippen LogP contribution < -0.4 is 10.0 Å². The number of piperidine rings is 1. The Balaban J connectivity index is 1.91. The van der Waals surface area contributed by atoms with Gasteiger partial charge in [-0.05, 0) is 45.4 Å². The van der Waals surface area contributed by atoms with Gasteiger partial charge in [-0.3, -0.25) is 5.10 Å². The van der Waals surface area contributed by atoms with Crippen LogP contribution in [0.15, 0.2) is 11.2 Å². The van der Waals surface area contributed by atoms with Gasteiger partial charge in [-0.25, -0.2) is 13.1 Å². The Labute approximate surface area is 126 Å². The molecule has 0 unspecified atom stereocenters. The lowest BCUT2D eigenvalue weighted by atomic mass is 9.97. The Hall–Kier alpha value is -0.960. The summed E-state index contributed by atoms with van der Waals surface area (Å²) in [6.07, 6.45) is 3.64. The van der Waals surface area contributed by atoms with E-state index in [4.69, 9.17) is 0 Å². The smallest absolute Gasteiger partial charge is 0.257 e. The van der Waals surface area contributed by atoms with Crippen LogP contribution in [0.3, 0.4) is 0 Å². The van der Waals surface area contributed by atoms with Gasteiger partial charge in [0.25, 0.3) is 10.0 Å². The highest BCUT2D eigenvalue weighted by molar-refractivity contribution is 7.89. The van der Waals surface area contributed by atoms with Crippen molar-refractivity contribution >= 4 is 10.0 Å². The zero-order chi connectivity index (χ0) is 15.3. The van der Waals surface area contributed by atoms with E-state index in [0.29, 0.717) is 24.6 Å². The zero-order valence-corrected chi connectivity index (χ0v) is 13.5. The number of aromatic nitrogens is 2. The van der Waals surface area contributed by atoms with Crippen LogP contribution in [-0.4, -0.2) is 56.7 Å². The third kappa shape index (κ3) is 4.26. The maximum atomic E-state index is 12.3. The van der Waals surface area contributed by atoms with Crippen LogP contribution in [0, 0.1) is 5.92 Å². The van der Waals surface area contributed by atoms with Crippen molar-refractivity contribution in [3.63, 3.8) is 0 Å². The third-order valence-corrected chi connectivity index (χ3v) is 5.47. The number of hydrogen-bond acceptors (Lipinski definition) is 5.